The Balaban J connectivity index is 2.31. The average molecular weight is 386 g/mol. The summed E-state index contributed by atoms with van der Waals surface area (Å²) in [4.78, 5) is 11.0. The van der Waals surface area contributed by atoms with Crippen molar-refractivity contribution in [2.45, 2.75) is 45.3 Å². The first-order chi connectivity index (χ1) is 12.8. The zero-order valence-corrected chi connectivity index (χ0v) is 17.7. The van der Waals surface area contributed by atoms with Crippen LogP contribution in [-0.2, 0) is 9.22 Å². The number of amides is 1. The predicted octanol–water partition coefficient (Wildman–Crippen LogP) is 2.45. The molecule has 0 saturated heterocycles. The van der Waals surface area contributed by atoms with Gasteiger partial charge in [-0.2, -0.15) is 0 Å². The molecule has 2 rings (SSSR count). The van der Waals surface area contributed by atoms with Crippen molar-refractivity contribution in [3.05, 3.63) is 60.7 Å². The van der Waals surface area contributed by atoms with Gasteiger partial charge in [-0.15, -0.1) is 0 Å². The van der Waals surface area contributed by atoms with Crippen LogP contribution in [0, 0.1) is 0 Å². The van der Waals surface area contributed by atoms with Crippen LogP contribution in [0.15, 0.2) is 60.7 Å². The second kappa shape index (κ2) is 9.31. The second-order valence-corrected chi connectivity index (χ2v) is 12.2. The lowest BCUT2D eigenvalue weighted by molar-refractivity contribution is -0.119. The van der Waals surface area contributed by atoms with Gasteiger partial charge in [0.1, 0.15) is 0 Å². The summed E-state index contributed by atoms with van der Waals surface area (Å²) in [7, 11) is -2.56. The summed E-state index contributed by atoms with van der Waals surface area (Å²) < 4.78 is 6.71. The van der Waals surface area contributed by atoms with Crippen LogP contribution in [0.4, 0.5) is 0 Å². The van der Waals surface area contributed by atoms with E-state index in [-0.39, 0.29) is 17.5 Å². The number of rotatable bonds is 8. The molecule has 0 aliphatic rings. The van der Waals surface area contributed by atoms with Crippen molar-refractivity contribution in [3.8, 4) is 0 Å². The summed E-state index contributed by atoms with van der Waals surface area (Å²) in [5.41, 5.74) is 0. The highest BCUT2D eigenvalue weighted by molar-refractivity contribution is 6.99. The van der Waals surface area contributed by atoms with E-state index in [9.17, 15) is 9.90 Å². The van der Waals surface area contributed by atoms with Crippen LogP contribution in [0.2, 0.25) is 5.04 Å². The zero-order chi connectivity index (χ0) is 19.9. The van der Waals surface area contributed by atoms with Gasteiger partial charge in [0, 0.05) is 20.1 Å². The fraction of sp³-hybridized carbons (Fsp3) is 0.409. The van der Waals surface area contributed by atoms with Crippen LogP contribution < -0.4 is 15.7 Å². The van der Waals surface area contributed by atoms with E-state index in [0.29, 0.717) is 13.0 Å². The molecule has 0 heterocycles. The van der Waals surface area contributed by atoms with Crippen molar-refractivity contribution in [3.63, 3.8) is 0 Å². The lowest BCUT2D eigenvalue weighted by Gasteiger charge is -2.43. The Morgan fingerprint density at radius 1 is 1.04 bits per heavy atom. The molecule has 0 saturated carbocycles. The van der Waals surface area contributed by atoms with Gasteiger partial charge in [-0.1, -0.05) is 81.4 Å². The summed E-state index contributed by atoms with van der Waals surface area (Å²) in [6.45, 7) is 8.83. The molecule has 1 amide bonds. The van der Waals surface area contributed by atoms with Gasteiger partial charge in [0.05, 0.1) is 6.10 Å². The molecule has 5 heteroatoms. The molecule has 0 fully saturated rings. The van der Waals surface area contributed by atoms with E-state index in [1.54, 1.807) is 0 Å². The van der Waals surface area contributed by atoms with E-state index in [4.69, 9.17) is 4.43 Å². The Morgan fingerprint density at radius 3 is 1.93 bits per heavy atom. The van der Waals surface area contributed by atoms with Crippen LogP contribution in [0.3, 0.4) is 0 Å². The fourth-order valence-corrected chi connectivity index (χ4v) is 8.05. The Hall–Kier alpha value is -1.95. The molecule has 0 aliphatic heterocycles. The first-order valence-electron chi connectivity index (χ1n) is 9.45. The number of hydrogen-bond donors (Lipinski definition) is 2. The van der Waals surface area contributed by atoms with Crippen molar-refractivity contribution >= 4 is 24.6 Å². The van der Waals surface area contributed by atoms with E-state index < -0.39 is 14.4 Å². The van der Waals surface area contributed by atoms with Gasteiger partial charge in [0.25, 0.3) is 8.32 Å². The van der Waals surface area contributed by atoms with Crippen molar-refractivity contribution in [1.82, 2.24) is 5.32 Å². The summed E-state index contributed by atoms with van der Waals surface area (Å²) in [6.07, 6.45) is -0.141. The number of aliphatic hydroxyl groups is 1. The Kier molecular flexibility index (Phi) is 7.36. The van der Waals surface area contributed by atoms with Gasteiger partial charge < -0.3 is 14.8 Å². The number of nitrogens with one attached hydrogen (secondary N) is 1. The van der Waals surface area contributed by atoms with E-state index in [1.807, 2.05) is 12.1 Å². The molecule has 27 heavy (non-hydrogen) atoms. The predicted molar refractivity (Wildman–Crippen MR) is 113 cm³/mol. The topological polar surface area (TPSA) is 58.6 Å². The minimum absolute atomic E-state index is 0.0850. The van der Waals surface area contributed by atoms with Gasteiger partial charge in [-0.05, 0) is 21.8 Å². The Labute approximate surface area is 163 Å². The monoisotopic (exact) mass is 385 g/mol. The SMILES string of the molecule is CC(=O)NC[C@H](O)CCO[Si](c1ccccc1)(c1ccccc1)C(C)(C)C. The molecule has 0 spiro atoms. The van der Waals surface area contributed by atoms with Crippen molar-refractivity contribution in [1.29, 1.82) is 0 Å². The number of hydrogen-bond acceptors (Lipinski definition) is 3. The molecule has 0 aliphatic carbocycles. The zero-order valence-electron chi connectivity index (χ0n) is 16.7. The minimum atomic E-state index is -2.56. The molecule has 146 valence electrons. The summed E-state index contributed by atoms with van der Waals surface area (Å²) in [5.74, 6) is -0.137. The largest absolute Gasteiger partial charge is 0.407 e. The highest BCUT2D eigenvalue weighted by atomic mass is 28.4. The third-order valence-corrected chi connectivity index (χ3v) is 9.82. The maximum atomic E-state index is 11.0. The molecule has 2 aromatic rings. The van der Waals surface area contributed by atoms with Crippen LogP contribution >= 0.6 is 0 Å². The molecule has 0 radical (unpaired) electrons. The molecule has 0 aromatic heterocycles. The van der Waals surface area contributed by atoms with Crippen molar-refractivity contribution in [2.24, 2.45) is 0 Å². The van der Waals surface area contributed by atoms with Crippen LogP contribution in [0.25, 0.3) is 0 Å². The quantitative estimate of drug-likeness (QED) is 0.686. The summed E-state index contributed by atoms with van der Waals surface area (Å²) in [6, 6.07) is 20.9. The minimum Gasteiger partial charge on any atom is -0.407 e. The van der Waals surface area contributed by atoms with Gasteiger partial charge in [-0.25, -0.2) is 0 Å². The second-order valence-electron chi connectivity index (χ2n) is 7.89. The molecule has 0 unspecified atom stereocenters. The van der Waals surface area contributed by atoms with E-state index in [1.165, 1.54) is 17.3 Å². The maximum absolute atomic E-state index is 11.0. The van der Waals surface area contributed by atoms with Crippen LogP contribution in [0.1, 0.15) is 34.1 Å². The smallest absolute Gasteiger partial charge is 0.261 e. The molecular weight excluding hydrogens is 354 g/mol. The molecule has 4 nitrogen and oxygen atoms in total. The molecule has 2 N–H and O–H groups in total. The third-order valence-electron chi connectivity index (χ3n) is 4.77. The van der Waals surface area contributed by atoms with Gasteiger partial charge in [0.2, 0.25) is 5.91 Å². The average Bonchev–Trinajstić information content (AvgIpc) is 2.64. The number of carbonyl (C=O) groups is 1. The van der Waals surface area contributed by atoms with Gasteiger partial charge >= 0.3 is 0 Å². The number of benzene rings is 2. The van der Waals surface area contributed by atoms with E-state index in [2.05, 4.69) is 74.6 Å². The van der Waals surface area contributed by atoms with Crippen LogP contribution in [0.5, 0.6) is 0 Å². The third kappa shape index (κ3) is 5.28. The standard InChI is InChI=1S/C22H31NO3Si/c1-18(24)23-17-19(25)15-16-26-27(22(2,3)4,20-11-7-5-8-12-20)21-13-9-6-10-14-21/h5-14,19,25H,15-17H2,1-4H3,(H,23,24)/t19-/m1/s1. The lowest BCUT2D eigenvalue weighted by Crippen LogP contribution is -2.66. The van der Waals surface area contributed by atoms with Crippen LogP contribution in [-0.4, -0.2) is 38.6 Å². The van der Waals surface area contributed by atoms with Crippen molar-refractivity contribution < 1.29 is 14.3 Å². The Morgan fingerprint density at radius 2 is 1.52 bits per heavy atom. The van der Waals surface area contributed by atoms with Gasteiger partial charge in [0.15, 0.2) is 0 Å². The number of aliphatic hydroxyl groups excluding tert-OH is 1. The van der Waals surface area contributed by atoms with Gasteiger partial charge in [-0.3, -0.25) is 4.79 Å². The summed E-state index contributed by atoms with van der Waals surface area (Å²) in [5, 5.41) is 15.2. The molecule has 0 bridgehead atoms. The van der Waals surface area contributed by atoms with E-state index in [0.717, 1.165) is 0 Å². The fourth-order valence-electron chi connectivity index (χ4n) is 3.47. The Bertz CT molecular complexity index is 674. The highest BCUT2D eigenvalue weighted by Gasteiger charge is 2.50. The normalized spacial score (nSPS) is 13.2. The maximum Gasteiger partial charge on any atom is 0.261 e. The lowest BCUT2D eigenvalue weighted by atomic mass is 10.2. The highest BCUT2D eigenvalue weighted by Crippen LogP contribution is 2.36. The first kappa shape index (κ1) is 21.3. The van der Waals surface area contributed by atoms with E-state index >= 15 is 0 Å². The first-order valence-corrected chi connectivity index (χ1v) is 11.4. The molecule has 1 atom stereocenters. The molecule has 2 aromatic carbocycles. The summed E-state index contributed by atoms with van der Waals surface area (Å²) >= 11 is 0. The molecular formula is C22H31NO3Si. The number of carbonyl (C=O) groups excluding carboxylic acids is 1. The van der Waals surface area contributed by atoms with Crippen molar-refractivity contribution in [2.75, 3.05) is 13.2 Å².